The third-order valence-corrected chi connectivity index (χ3v) is 2.82. The quantitative estimate of drug-likeness (QED) is 0.910. The number of rotatable bonds is 4. The second kappa shape index (κ2) is 5.56. The van der Waals surface area contributed by atoms with E-state index in [2.05, 4.69) is 5.10 Å². The first-order chi connectivity index (χ1) is 9.17. The number of nitrogens with zero attached hydrogens (tertiary/aromatic N) is 2. The molecular weight excluding hydrogens is 242 g/mol. The van der Waals surface area contributed by atoms with E-state index in [1.807, 2.05) is 31.2 Å². The second-order valence-electron chi connectivity index (χ2n) is 4.21. The first-order valence-corrected chi connectivity index (χ1v) is 6.18. The van der Waals surface area contributed by atoms with Gasteiger partial charge in [0.05, 0.1) is 12.8 Å². The molecule has 2 N–H and O–H groups in total. The van der Waals surface area contributed by atoms with Crippen molar-refractivity contribution in [3.63, 3.8) is 0 Å². The van der Waals surface area contributed by atoms with Crippen molar-refractivity contribution in [3.8, 4) is 17.0 Å². The lowest BCUT2D eigenvalue weighted by Gasteiger charge is -2.10. The molecule has 0 unspecified atom stereocenters. The van der Waals surface area contributed by atoms with Crippen LogP contribution in [0.15, 0.2) is 35.1 Å². The van der Waals surface area contributed by atoms with E-state index in [0.717, 1.165) is 12.0 Å². The van der Waals surface area contributed by atoms with Crippen LogP contribution in [0.5, 0.6) is 5.75 Å². The van der Waals surface area contributed by atoms with Crippen LogP contribution in [0.1, 0.15) is 13.3 Å². The highest BCUT2D eigenvalue weighted by Crippen LogP contribution is 2.27. The number of ether oxygens (including phenoxy) is 1. The Morgan fingerprint density at radius 1 is 1.37 bits per heavy atom. The lowest BCUT2D eigenvalue weighted by molar-refractivity contribution is 0.416. The Hall–Kier alpha value is -2.30. The van der Waals surface area contributed by atoms with E-state index in [1.54, 1.807) is 13.2 Å². The number of nitrogen functional groups attached to an aromatic ring is 1. The van der Waals surface area contributed by atoms with E-state index in [-0.39, 0.29) is 11.2 Å². The maximum Gasteiger partial charge on any atom is 0.289 e. The molecule has 5 nitrogen and oxygen atoms in total. The summed E-state index contributed by atoms with van der Waals surface area (Å²) in [6.45, 7) is 2.53. The number of anilines is 1. The van der Waals surface area contributed by atoms with Crippen LogP contribution in [0.4, 0.5) is 5.69 Å². The highest BCUT2D eigenvalue weighted by atomic mass is 16.5. The minimum atomic E-state index is -0.250. The molecule has 0 aliphatic carbocycles. The topological polar surface area (TPSA) is 70.1 Å². The number of para-hydroxylation sites is 1. The SMILES string of the molecule is CCCn1nc(-c2ccccc2OC)cc(N)c1=O. The summed E-state index contributed by atoms with van der Waals surface area (Å²) in [6, 6.07) is 9.11. The molecule has 0 atom stereocenters. The van der Waals surface area contributed by atoms with Crippen LogP contribution in [0.3, 0.4) is 0 Å². The fourth-order valence-electron chi connectivity index (χ4n) is 1.91. The predicted molar refractivity (Wildman–Crippen MR) is 75.2 cm³/mol. The average molecular weight is 259 g/mol. The molecule has 1 aromatic carbocycles. The minimum Gasteiger partial charge on any atom is -0.496 e. The summed E-state index contributed by atoms with van der Waals surface area (Å²) in [5.74, 6) is 0.705. The third-order valence-electron chi connectivity index (χ3n) is 2.82. The Morgan fingerprint density at radius 2 is 2.11 bits per heavy atom. The van der Waals surface area contributed by atoms with Crippen molar-refractivity contribution in [2.45, 2.75) is 19.9 Å². The second-order valence-corrected chi connectivity index (χ2v) is 4.21. The van der Waals surface area contributed by atoms with Crippen molar-refractivity contribution in [3.05, 3.63) is 40.7 Å². The Labute approximate surface area is 111 Å². The van der Waals surface area contributed by atoms with E-state index in [9.17, 15) is 4.79 Å². The van der Waals surface area contributed by atoms with Gasteiger partial charge in [0.1, 0.15) is 11.4 Å². The molecule has 19 heavy (non-hydrogen) atoms. The fourth-order valence-corrected chi connectivity index (χ4v) is 1.91. The monoisotopic (exact) mass is 259 g/mol. The van der Waals surface area contributed by atoms with E-state index in [0.29, 0.717) is 18.0 Å². The summed E-state index contributed by atoms with van der Waals surface area (Å²) >= 11 is 0. The molecular formula is C14H17N3O2. The van der Waals surface area contributed by atoms with Gasteiger partial charge in [0.15, 0.2) is 0 Å². The molecule has 2 aromatic rings. The van der Waals surface area contributed by atoms with Gasteiger partial charge >= 0.3 is 0 Å². The smallest absolute Gasteiger partial charge is 0.289 e. The molecule has 0 aliphatic rings. The zero-order valence-electron chi connectivity index (χ0n) is 11.1. The van der Waals surface area contributed by atoms with Gasteiger partial charge in [-0.3, -0.25) is 4.79 Å². The number of hydrogen-bond acceptors (Lipinski definition) is 4. The normalized spacial score (nSPS) is 10.4. The van der Waals surface area contributed by atoms with Crippen LogP contribution in [0.2, 0.25) is 0 Å². The molecule has 0 bridgehead atoms. The standard InChI is InChI=1S/C14H17N3O2/c1-3-8-17-14(18)11(15)9-12(16-17)10-6-4-5-7-13(10)19-2/h4-7,9H,3,8,15H2,1-2H3. The maximum atomic E-state index is 11.8. The Bertz CT molecular complexity index is 635. The number of aromatic nitrogens is 2. The van der Waals surface area contributed by atoms with Crippen molar-refractivity contribution < 1.29 is 4.74 Å². The molecule has 0 spiro atoms. The summed E-state index contributed by atoms with van der Waals surface area (Å²) in [5, 5.41) is 4.35. The van der Waals surface area contributed by atoms with Crippen molar-refractivity contribution >= 4 is 5.69 Å². The van der Waals surface area contributed by atoms with E-state index < -0.39 is 0 Å². The predicted octanol–water partition coefficient (Wildman–Crippen LogP) is 1.91. The lowest BCUT2D eigenvalue weighted by atomic mass is 10.1. The van der Waals surface area contributed by atoms with Crippen LogP contribution in [-0.4, -0.2) is 16.9 Å². The van der Waals surface area contributed by atoms with E-state index in [4.69, 9.17) is 10.5 Å². The Balaban J connectivity index is 2.59. The van der Waals surface area contributed by atoms with E-state index in [1.165, 1.54) is 4.68 Å². The van der Waals surface area contributed by atoms with Crippen molar-refractivity contribution in [1.82, 2.24) is 9.78 Å². The summed E-state index contributed by atoms with van der Waals surface area (Å²) in [5.41, 5.74) is 7.18. The molecule has 0 fully saturated rings. The zero-order valence-corrected chi connectivity index (χ0v) is 11.1. The summed E-state index contributed by atoms with van der Waals surface area (Å²) in [4.78, 5) is 11.8. The maximum absolute atomic E-state index is 11.8. The number of aryl methyl sites for hydroxylation is 1. The van der Waals surface area contributed by atoms with Crippen molar-refractivity contribution in [1.29, 1.82) is 0 Å². The molecule has 0 radical (unpaired) electrons. The van der Waals surface area contributed by atoms with Gasteiger partial charge < -0.3 is 10.5 Å². The van der Waals surface area contributed by atoms with Gasteiger partial charge in [-0.15, -0.1) is 0 Å². The van der Waals surface area contributed by atoms with Gasteiger partial charge in [0.25, 0.3) is 5.56 Å². The average Bonchev–Trinajstić information content (AvgIpc) is 2.43. The van der Waals surface area contributed by atoms with Gasteiger partial charge in [-0.05, 0) is 24.6 Å². The van der Waals surface area contributed by atoms with Gasteiger partial charge in [-0.2, -0.15) is 5.10 Å². The highest BCUT2D eigenvalue weighted by molar-refractivity contribution is 5.68. The van der Waals surface area contributed by atoms with Crippen molar-refractivity contribution in [2.75, 3.05) is 12.8 Å². The molecule has 5 heteroatoms. The lowest BCUT2D eigenvalue weighted by Crippen LogP contribution is -2.25. The zero-order chi connectivity index (χ0) is 13.8. The Kier molecular flexibility index (Phi) is 3.85. The van der Waals surface area contributed by atoms with Crippen LogP contribution in [0, 0.1) is 0 Å². The van der Waals surface area contributed by atoms with Crippen molar-refractivity contribution in [2.24, 2.45) is 0 Å². The number of benzene rings is 1. The Morgan fingerprint density at radius 3 is 2.79 bits per heavy atom. The highest BCUT2D eigenvalue weighted by Gasteiger charge is 2.10. The van der Waals surface area contributed by atoms with Gasteiger partial charge in [0.2, 0.25) is 0 Å². The minimum absolute atomic E-state index is 0.198. The van der Waals surface area contributed by atoms with Crippen LogP contribution >= 0.6 is 0 Å². The summed E-state index contributed by atoms with van der Waals surface area (Å²) in [6.07, 6.45) is 0.821. The number of hydrogen-bond donors (Lipinski definition) is 1. The molecule has 0 aliphatic heterocycles. The molecule has 0 saturated carbocycles. The fraction of sp³-hybridized carbons (Fsp3) is 0.286. The van der Waals surface area contributed by atoms with Gasteiger partial charge in [-0.25, -0.2) is 4.68 Å². The van der Waals surface area contributed by atoms with Gasteiger partial charge in [0, 0.05) is 12.1 Å². The molecule has 0 saturated heterocycles. The first-order valence-electron chi connectivity index (χ1n) is 6.18. The third kappa shape index (κ3) is 2.59. The van der Waals surface area contributed by atoms with Gasteiger partial charge in [-0.1, -0.05) is 19.1 Å². The first kappa shape index (κ1) is 13.1. The summed E-state index contributed by atoms with van der Waals surface area (Å²) < 4.78 is 6.70. The van der Waals surface area contributed by atoms with Crippen LogP contribution in [-0.2, 0) is 6.54 Å². The molecule has 1 aromatic heterocycles. The molecule has 2 rings (SSSR count). The molecule has 0 amide bonds. The molecule has 1 heterocycles. The summed E-state index contributed by atoms with van der Waals surface area (Å²) in [7, 11) is 1.60. The molecule has 100 valence electrons. The van der Waals surface area contributed by atoms with Crippen LogP contribution < -0.4 is 16.0 Å². The van der Waals surface area contributed by atoms with E-state index >= 15 is 0 Å². The number of nitrogens with two attached hydrogens (primary N) is 1. The van der Waals surface area contributed by atoms with Crippen LogP contribution in [0.25, 0.3) is 11.3 Å². The largest absolute Gasteiger partial charge is 0.496 e. The number of methoxy groups -OCH3 is 1.